The minimum Gasteiger partial charge on any atom is -0.396 e. The molecule has 1 amide bonds. The first-order valence-corrected chi connectivity index (χ1v) is 6.19. The lowest BCUT2D eigenvalue weighted by Gasteiger charge is -2.16. The van der Waals surface area contributed by atoms with Gasteiger partial charge in [0.15, 0.2) is 0 Å². The van der Waals surface area contributed by atoms with Crippen molar-refractivity contribution in [3.63, 3.8) is 0 Å². The van der Waals surface area contributed by atoms with Gasteiger partial charge in [-0.15, -0.1) is 0 Å². The minimum atomic E-state index is -0.741. The van der Waals surface area contributed by atoms with Crippen LogP contribution in [0, 0.1) is 33.1 Å². The van der Waals surface area contributed by atoms with Gasteiger partial charge >= 0.3 is 0 Å². The van der Waals surface area contributed by atoms with Gasteiger partial charge in [0, 0.05) is 37.6 Å². The molecule has 1 aromatic carbocycles. The number of aliphatic hydroxyl groups is 1. The van der Waals surface area contributed by atoms with Crippen molar-refractivity contribution in [3.05, 3.63) is 37.9 Å². The van der Waals surface area contributed by atoms with Crippen molar-refractivity contribution in [3.8, 4) is 0 Å². The summed E-state index contributed by atoms with van der Waals surface area (Å²) in [7, 11) is 0. The standard InChI is InChI=1S/C12H13N3O6/c1-7-2-9(14(18)19)12(10(3-7)15(20)21)13-5-8(6-16)4-11(13)17/h2-3,8,16H,4-6H2,1H3. The first-order valence-electron chi connectivity index (χ1n) is 6.19. The Morgan fingerprint density at radius 3 is 2.19 bits per heavy atom. The second kappa shape index (κ2) is 5.44. The zero-order chi connectivity index (χ0) is 15.7. The number of carbonyl (C=O) groups excluding carboxylic acids is 1. The maximum Gasteiger partial charge on any atom is 0.300 e. The predicted octanol–water partition coefficient (Wildman–Crippen LogP) is 1.16. The third kappa shape index (κ3) is 2.68. The lowest BCUT2D eigenvalue weighted by atomic mass is 10.1. The van der Waals surface area contributed by atoms with Crippen LogP contribution < -0.4 is 4.90 Å². The van der Waals surface area contributed by atoms with Crippen LogP contribution in [0.4, 0.5) is 17.1 Å². The normalized spacial score (nSPS) is 18.1. The number of carbonyl (C=O) groups is 1. The summed E-state index contributed by atoms with van der Waals surface area (Å²) in [6.45, 7) is 1.28. The summed E-state index contributed by atoms with van der Waals surface area (Å²) >= 11 is 0. The molecule has 0 aromatic heterocycles. The molecule has 1 heterocycles. The SMILES string of the molecule is Cc1cc([N+](=O)[O-])c(N2CC(CO)CC2=O)c([N+](=O)[O-])c1. The smallest absolute Gasteiger partial charge is 0.300 e. The van der Waals surface area contributed by atoms with Gasteiger partial charge in [0.05, 0.1) is 9.85 Å². The van der Waals surface area contributed by atoms with E-state index in [1.165, 1.54) is 19.1 Å². The number of amides is 1. The zero-order valence-corrected chi connectivity index (χ0v) is 11.2. The highest BCUT2D eigenvalue weighted by molar-refractivity contribution is 6.00. The molecular formula is C12H13N3O6. The van der Waals surface area contributed by atoms with Crippen LogP contribution in [0.3, 0.4) is 0 Å². The summed E-state index contributed by atoms with van der Waals surface area (Å²) in [5, 5.41) is 31.4. The third-order valence-corrected chi connectivity index (χ3v) is 3.34. The Bertz CT molecular complexity index is 594. The van der Waals surface area contributed by atoms with Crippen LogP contribution in [0.15, 0.2) is 12.1 Å². The number of nitrogens with zero attached hydrogens (tertiary/aromatic N) is 3. The fraction of sp³-hybridized carbons (Fsp3) is 0.417. The number of nitro benzene ring substituents is 2. The number of hydrogen-bond acceptors (Lipinski definition) is 6. The summed E-state index contributed by atoms with van der Waals surface area (Å²) in [5.41, 5.74) is -0.902. The van der Waals surface area contributed by atoms with E-state index in [-0.39, 0.29) is 31.2 Å². The summed E-state index contributed by atoms with van der Waals surface area (Å²) in [5.74, 6) is -0.845. The molecule has 0 radical (unpaired) electrons. The van der Waals surface area contributed by atoms with E-state index >= 15 is 0 Å². The monoisotopic (exact) mass is 295 g/mol. The lowest BCUT2D eigenvalue weighted by Crippen LogP contribution is -2.26. The molecule has 1 aromatic rings. The van der Waals surface area contributed by atoms with E-state index in [0.29, 0.717) is 5.56 Å². The highest BCUT2D eigenvalue weighted by atomic mass is 16.6. The molecule has 1 saturated heterocycles. The van der Waals surface area contributed by atoms with Gasteiger partial charge in [-0.2, -0.15) is 0 Å². The number of aryl methyl sites for hydroxylation is 1. The molecule has 1 atom stereocenters. The van der Waals surface area contributed by atoms with E-state index in [2.05, 4.69) is 0 Å². The fourth-order valence-electron chi connectivity index (χ4n) is 2.42. The molecule has 112 valence electrons. The molecule has 0 spiro atoms. The van der Waals surface area contributed by atoms with Crippen molar-refractivity contribution in [2.45, 2.75) is 13.3 Å². The first kappa shape index (κ1) is 14.9. The average Bonchev–Trinajstić information content (AvgIpc) is 2.78. The number of hydrogen-bond donors (Lipinski definition) is 1. The number of rotatable bonds is 4. The summed E-state index contributed by atoms with van der Waals surface area (Å²) in [4.78, 5) is 33.8. The van der Waals surface area contributed by atoms with Gasteiger partial charge in [-0.05, 0) is 12.5 Å². The van der Waals surface area contributed by atoms with Gasteiger partial charge in [0.25, 0.3) is 11.4 Å². The maximum absolute atomic E-state index is 11.9. The first-order chi connectivity index (χ1) is 9.85. The molecular weight excluding hydrogens is 282 g/mol. The van der Waals surface area contributed by atoms with Gasteiger partial charge in [0.1, 0.15) is 0 Å². The quantitative estimate of drug-likeness (QED) is 0.655. The third-order valence-electron chi connectivity index (χ3n) is 3.34. The predicted molar refractivity (Wildman–Crippen MR) is 72.0 cm³/mol. The molecule has 0 aliphatic carbocycles. The maximum atomic E-state index is 11.9. The molecule has 1 N–H and O–H groups in total. The molecule has 2 rings (SSSR count). The van der Waals surface area contributed by atoms with Crippen molar-refractivity contribution >= 4 is 23.0 Å². The van der Waals surface area contributed by atoms with E-state index in [9.17, 15) is 25.0 Å². The van der Waals surface area contributed by atoms with Crippen molar-refractivity contribution < 1.29 is 19.7 Å². The second-order valence-electron chi connectivity index (χ2n) is 4.92. The Kier molecular flexibility index (Phi) is 3.85. The topological polar surface area (TPSA) is 127 Å². The van der Waals surface area contributed by atoms with Crippen LogP contribution in [-0.4, -0.2) is 34.0 Å². The summed E-state index contributed by atoms with van der Waals surface area (Å²) < 4.78 is 0. The number of aliphatic hydroxyl groups excluding tert-OH is 1. The summed E-state index contributed by atoms with van der Waals surface area (Å²) in [6.07, 6.45) is 0.0126. The number of benzene rings is 1. The largest absolute Gasteiger partial charge is 0.396 e. The Labute approximate surface area is 119 Å². The Hall–Kier alpha value is -2.55. The Balaban J connectivity index is 2.63. The van der Waals surface area contributed by atoms with E-state index in [4.69, 9.17) is 5.11 Å². The van der Waals surface area contributed by atoms with Crippen LogP contribution in [0.25, 0.3) is 0 Å². The van der Waals surface area contributed by atoms with E-state index in [0.717, 1.165) is 4.90 Å². The van der Waals surface area contributed by atoms with Gasteiger partial charge in [-0.25, -0.2) is 0 Å². The summed E-state index contributed by atoms with van der Waals surface area (Å²) in [6, 6.07) is 2.39. The molecule has 1 unspecified atom stereocenters. The van der Waals surface area contributed by atoms with Crippen LogP contribution in [0.5, 0.6) is 0 Å². The van der Waals surface area contributed by atoms with E-state index in [1.54, 1.807) is 0 Å². The van der Waals surface area contributed by atoms with E-state index in [1.807, 2.05) is 0 Å². The average molecular weight is 295 g/mol. The van der Waals surface area contributed by atoms with Crippen molar-refractivity contribution in [2.24, 2.45) is 5.92 Å². The lowest BCUT2D eigenvalue weighted by molar-refractivity contribution is -0.392. The van der Waals surface area contributed by atoms with Gasteiger partial charge in [0.2, 0.25) is 11.6 Å². The molecule has 21 heavy (non-hydrogen) atoms. The van der Waals surface area contributed by atoms with Crippen LogP contribution in [-0.2, 0) is 4.79 Å². The highest BCUT2D eigenvalue weighted by Crippen LogP contribution is 2.41. The van der Waals surface area contributed by atoms with E-state index < -0.39 is 27.1 Å². The molecule has 9 heteroatoms. The second-order valence-corrected chi connectivity index (χ2v) is 4.92. The van der Waals surface area contributed by atoms with Crippen LogP contribution >= 0.6 is 0 Å². The Morgan fingerprint density at radius 1 is 1.29 bits per heavy atom. The highest BCUT2D eigenvalue weighted by Gasteiger charge is 2.39. The van der Waals surface area contributed by atoms with Gasteiger partial charge < -0.3 is 10.0 Å². The Morgan fingerprint density at radius 2 is 1.81 bits per heavy atom. The molecule has 0 bridgehead atoms. The molecule has 9 nitrogen and oxygen atoms in total. The molecule has 1 fully saturated rings. The number of anilines is 1. The fourth-order valence-corrected chi connectivity index (χ4v) is 2.42. The van der Waals surface area contributed by atoms with Gasteiger partial charge in [-0.1, -0.05) is 0 Å². The number of nitro groups is 2. The van der Waals surface area contributed by atoms with Crippen LogP contribution in [0.2, 0.25) is 0 Å². The minimum absolute atomic E-state index is 0.0126. The molecule has 1 aliphatic rings. The van der Waals surface area contributed by atoms with Crippen LogP contribution in [0.1, 0.15) is 12.0 Å². The van der Waals surface area contributed by atoms with Crippen molar-refractivity contribution in [1.82, 2.24) is 0 Å². The van der Waals surface area contributed by atoms with Gasteiger partial charge in [-0.3, -0.25) is 25.0 Å². The van der Waals surface area contributed by atoms with Crippen molar-refractivity contribution in [2.75, 3.05) is 18.1 Å². The van der Waals surface area contributed by atoms with Crippen molar-refractivity contribution in [1.29, 1.82) is 0 Å². The molecule has 0 saturated carbocycles. The molecule has 1 aliphatic heterocycles. The zero-order valence-electron chi connectivity index (χ0n) is 11.2.